The Morgan fingerprint density at radius 1 is 1.20 bits per heavy atom. The van der Waals surface area contributed by atoms with Crippen molar-refractivity contribution in [2.75, 3.05) is 0 Å². The summed E-state index contributed by atoms with van der Waals surface area (Å²) in [7, 11) is -3.69. The monoisotopic (exact) mass is 357 g/mol. The summed E-state index contributed by atoms with van der Waals surface area (Å²) in [5, 5.41) is 4.43. The van der Waals surface area contributed by atoms with E-state index in [1.165, 1.54) is 6.20 Å². The Balaban J connectivity index is 1.68. The molecule has 0 amide bonds. The van der Waals surface area contributed by atoms with E-state index in [9.17, 15) is 8.42 Å². The molecule has 2 aromatic heterocycles. The lowest BCUT2D eigenvalue weighted by Gasteiger charge is -2.19. The zero-order valence-corrected chi connectivity index (χ0v) is 14.9. The standard InChI is InChI=1S/C18H19N3O3S/c1-11-3-5-13(6-4-11)17(14-7-8-14)21-25(22,23)15-9-16-12(2)20-24-18(16)19-10-15/h3-6,9-10,14,17,21H,7-8H2,1-2H3/t17-/m0/s1. The van der Waals surface area contributed by atoms with E-state index < -0.39 is 10.0 Å². The first-order valence-electron chi connectivity index (χ1n) is 8.25. The molecule has 6 nitrogen and oxygen atoms in total. The first-order chi connectivity index (χ1) is 11.9. The maximum Gasteiger partial charge on any atom is 0.257 e. The molecule has 0 bridgehead atoms. The minimum atomic E-state index is -3.69. The highest BCUT2D eigenvalue weighted by atomic mass is 32.2. The van der Waals surface area contributed by atoms with Gasteiger partial charge in [-0.1, -0.05) is 35.0 Å². The van der Waals surface area contributed by atoms with Crippen molar-refractivity contribution in [2.24, 2.45) is 5.92 Å². The molecule has 1 aliphatic rings. The Hall–Kier alpha value is -2.25. The molecule has 0 unspecified atom stereocenters. The number of pyridine rings is 1. The summed E-state index contributed by atoms with van der Waals surface area (Å²) in [5.41, 5.74) is 3.11. The second-order valence-electron chi connectivity index (χ2n) is 6.64. The van der Waals surface area contributed by atoms with Gasteiger partial charge in [-0.15, -0.1) is 0 Å². The molecule has 1 atom stereocenters. The summed E-state index contributed by atoms with van der Waals surface area (Å²) in [6.07, 6.45) is 3.38. The summed E-state index contributed by atoms with van der Waals surface area (Å²) in [4.78, 5) is 4.20. The molecule has 1 fully saturated rings. The molecular formula is C18H19N3O3S. The van der Waals surface area contributed by atoms with Crippen LogP contribution >= 0.6 is 0 Å². The van der Waals surface area contributed by atoms with Crippen molar-refractivity contribution < 1.29 is 12.9 Å². The van der Waals surface area contributed by atoms with Gasteiger partial charge in [0.05, 0.1) is 17.3 Å². The second kappa shape index (κ2) is 5.93. The molecule has 3 aromatic rings. The van der Waals surface area contributed by atoms with Crippen LogP contribution in [0, 0.1) is 19.8 Å². The van der Waals surface area contributed by atoms with Crippen molar-refractivity contribution in [3.63, 3.8) is 0 Å². The Bertz CT molecular complexity index is 1020. The van der Waals surface area contributed by atoms with E-state index in [4.69, 9.17) is 4.52 Å². The normalized spacial score (nSPS) is 16.2. The number of hydrogen-bond acceptors (Lipinski definition) is 5. The van der Waals surface area contributed by atoms with Crippen LogP contribution in [0.1, 0.15) is 35.7 Å². The van der Waals surface area contributed by atoms with Crippen molar-refractivity contribution in [1.82, 2.24) is 14.9 Å². The number of hydrogen-bond donors (Lipinski definition) is 1. The smallest absolute Gasteiger partial charge is 0.257 e. The average Bonchev–Trinajstić information content (AvgIpc) is 3.37. The summed E-state index contributed by atoms with van der Waals surface area (Å²) in [5.74, 6) is 0.339. The molecule has 0 saturated heterocycles. The maximum absolute atomic E-state index is 12.9. The Morgan fingerprint density at radius 2 is 1.92 bits per heavy atom. The van der Waals surface area contributed by atoms with E-state index in [0.717, 1.165) is 24.0 Å². The fourth-order valence-corrected chi connectivity index (χ4v) is 4.21. The molecule has 0 radical (unpaired) electrons. The van der Waals surface area contributed by atoms with E-state index in [1.54, 1.807) is 13.0 Å². The lowest BCUT2D eigenvalue weighted by Crippen LogP contribution is -2.30. The number of benzene rings is 1. The van der Waals surface area contributed by atoms with Gasteiger partial charge in [0.2, 0.25) is 10.0 Å². The minimum Gasteiger partial charge on any atom is -0.336 e. The summed E-state index contributed by atoms with van der Waals surface area (Å²) in [6, 6.07) is 9.35. The molecule has 1 aromatic carbocycles. The molecule has 2 heterocycles. The third-order valence-corrected chi connectivity index (χ3v) is 6.02. The SMILES string of the molecule is Cc1ccc([C@H](NS(=O)(=O)c2cnc3onc(C)c3c2)C2CC2)cc1. The van der Waals surface area contributed by atoms with E-state index in [-0.39, 0.29) is 10.9 Å². The highest BCUT2D eigenvalue weighted by Gasteiger charge is 2.35. The third-order valence-electron chi connectivity index (χ3n) is 4.61. The largest absolute Gasteiger partial charge is 0.336 e. The predicted molar refractivity (Wildman–Crippen MR) is 93.5 cm³/mol. The number of fused-ring (bicyclic) bond motifs is 1. The molecule has 25 heavy (non-hydrogen) atoms. The van der Waals surface area contributed by atoms with Crippen LogP contribution < -0.4 is 4.72 Å². The van der Waals surface area contributed by atoms with Crippen molar-refractivity contribution in [2.45, 2.75) is 37.6 Å². The molecule has 0 aliphatic heterocycles. The van der Waals surface area contributed by atoms with E-state index in [1.807, 2.05) is 31.2 Å². The lowest BCUT2D eigenvalue weighted by molar-refractivity contribution is 0.442. The third kappa shape index (κ3) is 3.17. The molecule has 1 N–H and O–H groups in total. The van der Waals surface area contributed by atoms with Crippen LogP contribution in [-0.2, 0) is 10.0 Å². The highest BCUT2D eigenvalue weighted by Crippen LogP contribution is 2.41. The molecule has 4 rings (SSSR count). The first kappa shape index (κ1) is 16.2. The van der Waals surface area contributed by atoms with Crippen LogP contribution in [0.3, 0.4) is 0 Å². The zero-order chi connectivity index (χ0) is 17.6. The van der Waals surface area contributed by atoms with Crippen LogP contribution in [-0.4, -0.2) is 18.6 Å². The summed E-state index contributed by atoms with van der Waals surface area (Å²) in [6.45, 7) is 3.78. The minimum absolute atomic E-state index is 0.129. The maximum atomic E-state index is 12.9. The topological polar surface area (TPSA) is 85.1 Å². The lowest BCUT2D eigenvalue weighted by atomic mass is 10.0. The Morgan fingerprint density at radius 3 is 2.60 bits per heavy atom. The fraction of sp³-hybridized carbons (Fsp3) is 0.333. The van der Waals surface area contributed by atoms with Crippen LogP contribution in [0.15, 0.2) is 45.9 Å². The quantitative estimate of drug-likeness (QED) is 0.757. The van der Waals surface area contributed by atoms with Gasteiger partial charge in [-0.05, 0) is 44.2 Å². The van der Waals surface area contributed by atoms with Crippen LogP contribution in [0.25, 0.3) is 11.1 Å². The van der Waals surface area contributed by atoms with Gasteiger partial charge in [-0.2, -0.15) is 0 Å². The zero-order valence-electron chi connectivity index (χ0n) is 14.1. The Labute approximate surface area is 146 Å². The Kier molecular flexibility index (Phi) is 3.85. The summed E-state index contributed by atoms with van der Waals surface area (Å²) < 4.78 is 33.7. The van der Waals surface area contributed by atoms with Crippen LogP contribution in [0.2, 0.25) is 0 Å². The highest BCUT2D eigenvalue weighted by molar-refractivity contribution is 7.89. The molecule has 1 aliphatic carbocycles. The van der Waals surface area contributed by atoms with Crippen LogP contribution in [0.5, 0.6) is 0 Å². The molecule has 7 heteroatoms. The molecule has 0 spiro atoms. The predicted octanol–water partition coefficient (Wildman–Crippen LogP) is 3.27. The average molecular weight is 357 g/mol. The van der Waals surface area contributed by atoms with Gasteiger partial charge in [-0.25, -0.2) is 18.1 Å². The van der Waals surface area contributed by atoms with Gasteiger partial charge in [-0.3, -0.25) is 0 Å². The number of sulfonamides is 1. The van der Waals surface area contributed by atoms with E-state index in [2.05, 4.69) is 14.9 Å². The van der Waals surface area contributed by atoms with Gasteiger partial charge in [0.25, 0.3) is 5.71 Å². The second-order valence-corrected chi connectivity index (χ2v) is 8.35. The molecule has 130 valence electrons. The van der Waals surface area contributed by atoms with Gasteiger partial charge in [0.1, 0.15) is 4.90 Å². The first-order valence-corrected chi connectivity index (χ1v) is 9.73. The van der Waals surface area contributed by atoms with E-state index in [0.29, 0.717) is 22.7 Å². The van der Waals surface area contributed by atoms with Gasteiger partial charge in [0, 0.05) is 6.04 Å². The van der Waals surface area contributed by atoms with Gasteiger partial charge in [0.15, 0.2) is 0 Å². The number of nitrogens with zero attached hydrogens (tertiary/aromatic N) is 2. The fourth-order valence-electron chi connectivity index (χ4n) is 2.95. The van der Waals surface area contributed by atoms with Crippen molar-refractivity contribution in [3.8, 4) is 0 Å². The number of aryl methyl sites for hydroxylation is 2. The van der Waals surface area contributed by atoms with Crippen LogP contribution in [0.4, 0.5) is 0 Å². The number of nitrogens with one attached hydrogen (secondary N) is 1. The van der Waals surface area contributed by atoms with E-state index >= 15 is 0 Å². The molecular weight excluding hydrogens is 338 g/mol. The van der Waals surface area contributed by atoms with Crippen molar-refractivity contribution in [1.29, 1.82) is 0 Å². The van der Waals surface area contributed by atoms with Crippen molar-refractivity contribution in [3.05, 3.63) is 53.3 Å². The van der Waals surface area contributed by atoms with Crippen molar-refractivity contribution >= 4 is 21.1 Å². The summed E-state index contributed by atoms with van der Waals surface area (Å²) >= 11 is 0. The van der Waals surface area contributed by atoms with Gasteiger partial charge < -0.3 is 4.52 Å². The molecule has 1 saturated carbocycles. The number of rotatable bonds is 5. The number of aromatic nitrogens is 2. The van der Waals surface area contributed by atoms with Gasteiger partial charge >= 0.3 is 0 Å².